The maximum absolute atomic E-state index is 4.46. The predicted molar refractivity (Wildman–Crippen MR) is 69.8 cm³/mol. The summed E-state index contributed by atoms with van der Waals surface area (Å²) >= 11 is 0. The van der Waals surface area contributed by atoms with Crippen LogP contribution in [0.15, 0.2) is 18.3 Å². The topological polar surface area (TPSA) is 28.2 Å². The van der Waals surface area contributed by atoms with Gasteiger partial charge in [-0.2, -0.15) is 0 Å². The first-order chi connectivity index (χ1) is 7.77. The van der Waals surface area contributed by atoms with Gasteiger partial charge in [-0.25, -0.2) is 4.98 Å². The Morgan fingerprint density at radius 2 is 2.12 bits per heavy atom. The van der Waals surface area contributed by atoms with E-state index in [1.807, 2.05) is 13.2 Å². The maximum Gasteiger partial charge on any atom is 0.128 e. The van der Waals surface area contributed by atoms with Gasteiger partial charge in [-0.1, -0.05) is 25.8 Å². The molecule has 0 spiro atoms. The Morgan fingerprint density at radius 3 is 2.69 bits per heavy atom. The van der Waals surface area contributed by atoms with Gasteiger partial charge >= 0.3 is 0 Å². The molecule has 16 heavy (non-hydrogen) atoms. The molecule has 0 aliphatic carbocycles. The second kappa shape index (κ2) is 7.23. The summed E-state index contributed by atoms with van der Waals surface area (Å²) in [6.07, 6.45) is 5.75. The van der Waals surface area contributed by atoms with Gasteiger partial charge in [0, 0.05) is 26.3 Å². The molecule has 1 aromatic heterocycles. The fraction of sp³-hybridized carbons (Fsp3) is 0.615. The molecular formula is C13H23N3. The number of nitrogens with one attached hydrogen (secondary N) is 1. The zero-order valence-corrected chi connectivity index (χ0v) is 10.7. The van der Waals surface area contributed by atoms with Crippen molar-refractivity contribution in [1.29, 1.82) is 0 Å². The molecule has 0 aliphatic heterocycles. The number of anilines is 1. The number of hydrogen-bond acceptors (Lipinski definition) is 3. The van der Waals surface area contributed by atoms with Crippen LogP contribution < -0.4 is 10.2 Å². The predicted octanol–water partition coefficient (Wildman–Crippen LogP) is 2.43. The number of pyridine rings is 1. The van der Waals surface area contributed by atoms with Crippen LogP contribution in [-0.4, -0.2) is 25.6 Å². The highest BCUT2D eigenvalue weighted by molar-refractivity contribution is 5.38. The number of rotatable bonds is 7. The molecule has 1 aromatic rings. The van der Waals surface area contributed by atoms with Crippen LogP contribution in [-0.2, 0) is 6.54 Å². The smallest absolute Gasteiger partial charge is 0.128 e. The second-order valence-electron chi connectivity index (χ2n) is 4.18. The first kappa shape index (κ1) is 13.0. The lowest BCUT2D eigenvalue weighted by molar-refractivity contribution is 0.701. The summed E-state index contributed by atoms with van der Waals surface area (Å²) in [5, 5.41) is 3.12. The third-order valence-electron chi connectivity index (χ3n) is 2.68. The Bertz CT molecular complexity index is 282. The van der Waals surface area contributed by atoms with E-state index in [0.717, 1.165) is 18.9 Å². The van der Waals surface area contributed by atoms with Crippen molar-refractivity contribution >= 4 is 5.82 Å². The van der Waals surface area contributed by atoms with Crippen LogP contribution in [0, 0.1) is 0 Å². The van der Waals surface area contributed by atoms with Crippen molar-refractivity contribution in [2.45, 2.75) is 32.7 Å². The molecule has 3 nitrogen and oxygen atoms in total. The van der Waals surface area contributed by atoms with E-state index in [1.54, 1.807) is 0 Å². The van der Waals surface area contributed by atoms with Gasteiger partial charge in [0.1, 0.15) is 5.82 Å². The van der Waals surface area contributed by atoms with Crippen molar-refractivity contribution in [1.82, 2.24) is 10.3 Å². The Labute approximate surface area is 98.9 Å². The lowest BCUT2D eigenvalue weighted by Crippen LogP contribution is -2.19. The highest BCUT2D eigenvalue weighted by Crippen LogP contribution is 2.10. The third-order valence-corrected chi connectivity index (χ3v) is 2.68. The molecule has 0 radical (unpaired) electrons. The average molecular weight is 221 g/mol. The minimum atomic E-state index is 0.882. The molecule has 0 fully saturated rings. The molecule has 0 bridgehead atoms. The minimum absolute atomic E-state index is 0.882. The van der Waals surface area contributed by atoms with Gasteiger partial charge in [0.15, 0.2) is 0 Å². The van der Waals surface area contributed by atoms with E-state index in [2.05, 4.69) is 41.3 Å². The number of hydrogen-bond donors (Lipinski definition) is 1. The summed E-state index contributed by atoms with van der Waals surface area (Å²) in [5.41, 5.74) is 1.23. The van der Waals surface area contributed by atoms with Crippen LogP contribution in [0.4, 0.5) is 5.82 Å². The highest BCUT2D eigenvalue weighted by Gasteiger charge is 2.01. The van der Waals surface area contributed by atoms with Crippen LogP contribution >= 0.6 is 0 Å². The summed E-state index contributed by atoms with van der Waals surface area (Å²) in [7, 11) is 4.06. The number of aromatic nitrogens is 1. The van der Waals surface area contributed by atoms with Crippen molar-refractivity contribution in [2.75, 3.05) is 25.5 Å². The molecule has 1 rings (SSSR count). The molecule has 0 aromatic carbocycles. The van der Waals surface area contributed by atoms with Crippen LogP contribution in [0.5, 0.6) is 0 Å². The molecule has 1 heterocycles. The first-order valence-corrected chi connectivity index (χ1v) is 6.08. The van der Waals surface area contributed by atoms with Gasteiger partial charge in [0.2, 0.25) is 0 Å². The Hall–Kier alpha value is -1.09. The summed E-state index contributed by atoms with van der Waals surface area (Å²) in [4.78, 5) is 6.68. The van der Waals surface area contributed by atoms with Gasteiger partial charge in [0.05, 0.1) is 0 Å². The van der Waals surface area contributed by atoms with Gasteiger partial charge in [-0.15, -0.1) is 0 Å². The number of unbranched alkanes of at least 4 members (excludes halogenated alkanes) is 2. The van der Waals surface area contributed by atoms with E-state index in [0.29, 0.717) is 0 Å². The van der Waals surface area contributed by atoms with Crippen molar-refractivity contribution < 1.29 is 0 Å². The maximum atomic E-state index is 4.46. The fourth-order valence-electron chi connectivity index (χ4n) is 1.66. The molecule has 1 N–H and O–H groups in total. The monoisotopic (exact) mass is 221 g/mol. The van der Waals surface area contributed by atoms with Crippen LogP contribution in [0.3, 0.4) is 0 Å². The van der Waals surface area contributed by atoms with Crippen LogP contribution in [0.2, 0.25) is 0 Å². The normalized spacial score (nSPS) is 10.4. The molecule has 0 saturated heterocycles. The summed E-state index contributed by atoms with van der Waals surface area (Å²) < 4.78 is 0. The third kappa shape index (κ3) is 4.19. The zero-order valence-electron chi connectivity index (χ0n) is 10.7. The van der Waals surface area contributed by atoms with Crippen LogP contribution in [0.1, 0.15) is 31.7 Å². The Kier molecular flexibility index (Phi) is 5.86. The van der Waals surface area contributed by atoms with E-state index in [-0.39, 0.29) is 0 Å². The lowest BCUT2D eigenvalue weighted by Gasteiger charge is -2.18. The highest BCUT2D eigenvalue weighted by atomic mass is 15.2. The molecule has 0 amide bonds. The molecule has 0 saturated carbocycles. The van der Waals surface area contributed by atoms with Crippen molar-refractivity contribution in [2.24, 2.45) is 0 Å². The van der Waals surface area contributed by atoms with Gasteiger partial charge < -0.3 is 10.2 Å². The first-order valence-electron chi connectivity index (χ1n) is 6.08. The van der Waals surface area contributed by atoms with Crippen LogP contribution in [0.25, 0.3) is 0 Å². The SMILES string of the molecule is CCCCCN(C)c1ccc(CNC)cn1. The molecule has 0 atom stereocenters. The quantitative estimate of drug-likeness (QED) is 0.717. The molecule has 0 aliphatic rings. The fourth-order valence-corrected chi connectivity index (χ4v) is 1.66. The van der Waals surface area contributed by atoms with Crippen molar-refractivity contribution in [3.05, 3.63) is 23.9 Å². The molecule has 3 heteroatoms. The largest absolute Gasteiger partial charge is 0.360 e. The van der Waals surface area contributed by atoms with Crippen molar-refractivity contribution in [3.63, 3.8) is 0 Å². The van der Waals surface area contributed by atoms with E-state index < -0.39 is 0 Å². The van der Waals surface area contributed by atoms with Gasteiger partial charge in [0.25, 0.3) is 0 Å². The van der Waals surface area contributed by atoms with Gasteiger partial charge in [-0.3, -0.25) is 0 Å². The van der Waals surface area contributed by atoms with E-state index >= 15 is 0 Å². The standard InChI is InChI=1S/C13H23N3/c1-4-5-6-9-16(3)13-8-7-12(10-14-2)11-15-13/h7-8,11,14H,4-6,9-10H2,1-3H3. The van der Waals surface area contributed by atoms with E-state index in [9.17, 15) is 0 Å². The average Bonchev–Trinajstić information content (AvgIpc) is 2.30. The van der Waals surface area contributed by atoms with E-state index in [4.69, 9.17) is 0 Å². The molecule has 0 unspecified atom stereocenters. The summed E-state index contributed by atoms with van der Waals surface area (Å²) in [5.74, 6) is 1.07. The zero-order chi connectivity index (χ0) is 11.8. The summed E-state index contributed by atoms with van der Waals surface area (Å²) in [6, 6.07) is 4.23. The lowest BCUT2D eigenvalue weighted by atomic mass is 10.2. The second-order valence-corrected chi connectivity index (χ2v) is 4.18. The molecular weight excluding hydrogens is 198 g/mol. The van der Waals surface area contributed by atoms with E-state index in [1.165, 1.54) is 24.8 Å². The molecule has 90 valence electrons. The van der Waals surface area contributed by atoms with Gasteiger partial charge in [-0.05, 0) is 25.1 Å². The van der Waals surface area contributed by atoms with Crippen molar-refractivity contribution in [3.8, 4) is 0 Å². The number of nitrogens with zero attached hydrogens (tertiary/aromatic N) is 2. The Balaban J connectivity index is 2.46. The minimum Gasteiger partial charge on any atom is -0.360 e. The summed E-state index contributed by atoms with van der Waals surface area (Å²) in [6.45, 7) is 4.20. The Morgan fingerprint density at radius 1 is 1.31 bits per heavy atom.